The van der Waals surface area contributed by atoms with E-state index in [1.165, 1.54) is 0 Å². The van der Waals surface area contributed by atoms with Gasteiger partial charge in [0.05, 0.1) is 0 Å². The van der Waals surface area contributed by atoms with Crippen molar-refractivity contribution < 1.29 is 8.42 Å². The average molecular weight is 217 g/mol. The Morgan fingerprint density at radius 3 is 2.79 bits per heavy atom. The van der Waals surface area contributed by atoms with Crippen LogP contribution < -0.4 is 9.44 Å². The maximum atomic E-state index is 11.3. The van der Waals surface area contributed by atoms with Crippen LogP contribution in [0.4, 0.5) is 0 Å². The van der Waals surface area contributed by atoms with Crippen molar-refractivity contribution in [3.05, 3.63) is 24.0 Å². The van der Waals surface area contributed by atoms with Crippen LogP contribution in [0.5, 0.6) is 0 Å². The highest BCUT2D eigenvalue weighted by atomic mass is 32.2. The van der Waals surface area contributed by atoms with Crippen LogP contribution in [0.1, 0.15) is 18.9 Å². The third-order valence-corrected chi connectivity index (χ3v) is 2.78. The molecule has 0 fully saturated rings. The fourth-order valence-corrected chi connectivity index (χ4v) is 1.87. The summed E-state index contributed by atoms with van der Waals surface area (Å²) in [6, 6.07) is 1.82. The second-order valence-corrected chi connectivity index (χ2v) is 4.52. The van der Waals surface area contributed by atoms with Crippen LogP contribution in [0.25, 0.3) is 0 Å². The fourth-order valence-electron chi connectivity index (χ4n) is 0.934. The van der Waals surface area contributed by atoms with Crippen LogP contribution >= 0.6 is 0 Å². The van der Waals surface area contributed by atoms with Crippen LogP contribution in [-0.4, -0.2) is 19.9 Å². The molecule has 0 saturated heterocycles. The summed E-state index contributed by atoms with van der Waals surface area (Å²) in [4.78, 5) is 2.85. The van der Waals surface area contributed by atoms with E-state index in [1.54, 1.807) is 12.4 Å². The van der Waals surface area contributed by atoms with E-state index in [9.17, 15) is 8.42 Å². The highest BCUT2D eigenvalue weighted by molar-refractivity contribution is 7.87. The normalized spacial score (nSPS) is 11.8. The van der Waals surface area contributed by atoms with Crippen LogP contribution in [-0.2, 0) is 16.8 Å². The molecule has 0 bridgehead atoms. The third-order valence-electron chi connectivity index (χ3n) is 1.67. The lowest BCUT2D eigenvalue weighted by Crippen LogP contribution is -2.36. The van der Waals surface area contributed by atoms with Gasteiger partial charge in [-0.3, -0.25) is 0 Å². The van der Waals surface area contributed by atoms with Crippen molar-refractivity contribution in [3.63, 3.8) is 0 Å². The smallest absolute Gasteiger partial charge is 0.277 e. The molecule has 0 spiro atoms. The van der Waals surface area contributed by atoms with Gasteiger partial charge in [-0.2, -0.15) is 13.1 Å². The van der Waals surface area contributed by atoms with E-state index in [2.05, 4.69) is 14.4 Å². The highest BCUT2D eigenvalue weighted by Gasteiger charge is 2.07. The number of rotatable bonds is 6. The zero-order valence-corrected chi connectivity index (χ0v) is 8.89. The summed E-state index contributed by atoms with van der Waals surface area (Å²) < 4.78 is 27.4. The summed E-state index contributed by atoms with van der Waals surface area (Å²) >= 11 is 0. The molecular formula is C8H15N3O2S. The Labute approximate surface area is 84.1 Å². The molecular weight excluding hydrogens is 202 g/mol. The predicted octanol–water partition coefficient (Wildman–Crippen LogP) is 0.349. The topological polar surface area (TPSA) is 74.0 Å². The highest BCUT2D eigenvalue weighted by Crippen LogP contribution is 1.95. The minimum absolute atomic E-state index is 0.308. The lowest BCUT2D eigenvalue weighted by Gasteiger charge is -2.05. The quantitative estimate of drug-likeness (QED) is 0.643. The van der Waals surface area contributed by atoms with Crippen molar-refractivity contribution in [1.29, 1.82) is 0 Å². The molecule has 0 amide bonds. The molecule has 0 aliphatic heterocycles. The van der Waals surface area contributed by atoms with Crippen LogP contribution in [0.2, 0.25) is 0 Å². The zero-order chi connectivity index (χ0) is 10.4. The summed E-state index contributed by atoms with van der Waals surface area (Å²) in [6.45, 7) is 2.68. The Morgan fingerprint density at radius 1 is 1.43 bits per heavy atom. The molecule has 5 nitrogen and oxygen atoms in total. The van der Waals surface area contributed by atoms with Gasteiger partial charge in [-0.05, 0) is 18.1 Å². The average Bonchev–Trinajstić information content (AvgIpc) is 2.64. The lowest BCUT2D eigenvalue weighted by atomic mass is 10.4. The van der Waals surface area contributed by atoms with E-state index < -0.39 is 10.2 Å². The van der Waals surface area contributed by atoms with E-state index in [0.29, 0.717) is 13.1 Å². The second-order valence-electron chi connectivity index (χ2n) is 2.94. The van der Waals surface area contributed by atoms with Gasteiger partial charge in [-0.15, -0.1) is 0 Å². The Kier molecular flexibility index (Phi) is 4.12. The molecule has 6 heteroatoms. The van der Waals surface area contributed by atoms with Crippen molar-refractivity contribution in [2.45, 2.75) is 19.9 Å². The Morgan fingerprint density at radius 2 is 2.21 bits per heavy atom. The van der Waals surface area contributed by atoms with Crippen LogP contribution in [0.3, 0.4) is 0 Å². The first-order valence-electron chi connectivity index (χ1n) is 4.50. The summed E-state index contributed by atoms with van der Waals surface area (Å²) in [7, 11) is -3.33. The molecule has 80 valence electrons. The monoisotopic (exact) mass is 217 g/mol. The number of hydrogen-bond donors (Lipinski definition) is 3. The lowest BCUT2D eigenvalue weighted by molar-refractivity contribution is 0.565. The molecule has 3 N–H and O–H groups in total. The molecule has 0 aliphatic carbocycles. The Balaban J connectivity index is 2.37. The maximum Gasteiger partial charge on any atom is 0.277 e. The van der Waals surface area contributed by atoms with Gasteiger partial charge in [0.2, 0.25) is 0 Å². The van der Waals surface area contributed by atoms with Crippen molar-refractivity contribution >= 4 is 10.2 Å². The molecule has 0 saturated carbocycles. The number of nitrogens with one attached hydrogen (secondary N) is 3. The molecule has 14 heavy (non-hydrogen) atoms. The summed E-state index contributed by atoms with van der Waals surface area (Å²) in [5.74, 6) is 0. The van der Waals surface area contributed by atoms with Crippen molar-refractivity contribution in [1.82, 2.24) is 14.4 Å². The summed E-state index contributed by atoms with van der Waals surface area (Å²) in [5, 5.41) is 0. The molecule has 1 rings (SSSR count). The van der Waals surface area contributed by atoms with Gasteiger partial charge in [-0.25, -0.2) is 4.72 Å². The number of aromatic amines is 1. The number of hydrogen-bond acceptors (Lipinski definition) is 2. The van der Waals surface area contributed by atoms with E-state index in [1.807, 2.05) is 13.0 Å². The van der Waals surface area contributed by atoms with Gasteiger partial charge in [-0.1, -0.05) is 6.92 Å². The number of aromatic nitrogens is 1. The van der Waals surface area contributed by atoms with E-state index >= 15 is 0 Å². The van der Waals surface area contributed by atoms with Gasteiger partial charge >= 0.3 is 0 Å². The zero-order valence-electron chi connectivity index (χ0n) is 8.08. The van der Waals surface area contributed by atoms with Crippen molar-refractivity contribution in [2.75, 3.05) is 6.54 Å². The van der Waals surface area contributed by atoms with Crippen LogP contribution in [0.15, 0.2) is 18.5 Å². The van der Waals surface area contributed by atoms with E-state index in [-0.39, 0.29) is 0 Å². The molecule has 0 atom stereocenters. The van der Waals surface area contributed by atoms with Gasteiger partial charge < -0.3 is 4.98 Å². The maximum absolute atomic E-state index is 11.3. The molecule has 0 unspecified atom stereocenters. The fraction of sp³-hybridized carbons (Fsp3) is 0.500. The number of H-pyrrole nitrogens is 1. The molecule has 1 aromatic rings. The summed E-state index contributed by atoms with van der Waals surface area (Å²) in [6.07, 6.45) is 4.29. The van der Waals surface area contributed by atoms with Gasteiger partial charge in [0.25, 0.3) is 10.2 Å². The molecule has 0 radical (unpaired) electrons. The standard InChI is InChI=1S/C8H15N3O2S/c1-2-4-10-14(12,13)11-7-8-3-5-9-6-8/h3,5-6,9-11H,2,4,7H2,1H3. The Hall–Kier alpha value is -0.850. The molecule has 0 aliphatic rings. The van der Waals surface area contributed by atoms with Gasteiger partial charge in [0.15, 0.2) is 0 Å². The van der Waals surface area contributed by atoms with E-state index in [4.69, 9.17) is 0 Å². The van der Waals surface area contributed by atoms with Crippen molar-refractivity contribution in [2.24, 2.45) is 0 Å². The predicted molar refractivity (Wildman–Crippen MR) is 54.8 cm³/mol. The minimum Gasteiger partial charge on any atom is -0.367 e. The summed E-state index contributed by atoms with van der Waals surface area (Å²) in [5.41, 5.74) is 0.909. The van der Waals surface area contributed by atoms with E-state index in [0.717, 1.165) is 12.0 Å². The largest absolute Gasteiger partial charge is 0.367 e. The van der Waals surface area contributed by atoms with Crippen molar-refractivity contribution in [3.8, 4) is 0 Å². The van der Waals surface area contributed by atoms with Crippen LogP contribution in [0, 0.1) is 0 Å². The second kappa shape index (κ2) is 5.14. The van der Waals surface area contributed by atoms with Gasteiger partial charge in [0.1, 0.15) is 0 Å². The first-order valence-corrected chi connectivity index (χ1v) is 5.98. The molecule has 0 aromatic carbocycles. The first kappa shape index (κ1) is 11.2. The third kappa shape index (κ3) is 3.91. The Bertz CT molecular complexity index is 345. The minimum atomic E-state index is -3.33. The first-order chi connectivity index (χ1) is 6.64. The molecule has 1 heterocycles. The molecule has 1 aromatic heterocycles. The van der Waals surface area contributed by atoms with Gasteiger partial charge in [0, 0.05) is 25.5 Å². The SMILES string of the molecule is CCCNS(=O)(=O)NCc1cc[nH]c1.